The first-order valence-corrected chi connectivity index (χ1v) is 11.0. The van der Waals surface area contributed by atoms with Crippen molar-refractivity contribution >= 4 is 29.4 Å². The molecule has 1 heterocycles. The molecule has 176 valence electrons. The lowest BCUT2D eigenvalue weighted by atomic mass is 9.85. The Kier molecular flexibility index (Phi) is 6.14. The molecule has 3 amide bonds. The lowest BCUT2D eigenvalue weighted by molar-refractivity contribution is -0.162. The van der Waals surface area contributed by atoms with Crippen LogP contribution in [0.4, 0.5) is 5.69 Å². The molecule has 0 unspecified atom stereocenters. The molecule has 1 aromatic rings. The molecule has 0 radical (unpaired) electrons. The van der Waals surface area contributed by atoms with Crippen LogP contribution in [0, 0.1) is 29.6 Å². The van der Waals surface area contributed by atoms with E-state index in [1.54, 1.807) is 32.0 Å². The topological polar surface area (TPSA) is 111 Å². The Hall–Kier alpha value is -3.36. The Labute approximate surface area is 192 Å². The number of ether oxygens (including phenoxy) is 3. The van der Waals surface area contributed by atoms with Crippen LogP contribution in [0.3, 0.4) is 0 Å². The summed E-state index contributed by atoms with van der Waals surface area (Å²) in [6, 6.07) is 3.83. The fraction of sp³-hybridized carbons (Fsp3) is 0.500. The zero-order valence-corrected chi connectivity index (χ0v) is 19.1. The average molecular weight is 456 g/mol. The van der Waals surface area contributed by atoms with Crippen LogP contribution in [0.1, 0.15) is 20.3 Å². The fourth-order valence-electron chi connectivity index (χ4n) is 5.20. The first-order chi connectivity index (χ1) is 15.8. The Morgan fingerprint density at radius 1 is 1.06 bits per heavy atom. The second kappa shape index (κ2) is 8.88. The molecule has 1 N–H and O–H groups in total. The predicted octanol–water partition coefficient (Wildman–Crippen LogP) is 2.02. The van der Waals surface area contributed by atoms with Gasteiger partial charge in [0.2, 0.25) is 11.8 Å². The Morgan fingerprint density at radius 2 is 1.70 bits per heavy atom. The summed E-state index contributed by atoms with van der Waals surface area (Å²) in [5, 5.41) is 2.62. The smallest absolute Gasteiger partial charge is 0.330 e. The zero-order chi connectivity index (χ0) is 23.9. The summed E-state index contributed by atoms with van der Waals surface area (Å²) in [7, 11) is 2.96. The molecule has 4 rings (SSSR count). The summed E-state index contributed by atoms with van der Waals surface area (Å²) >= 11 is 0. The molecule has 9 heteroatoms. The number of benzene rings is 1. The summed E-state index contributed by atoms with van der Waals surface area (Å²) in [5.41, 5.74) is 0.360. The van der Waals surface area contributed by atoms with Gasteiger partial charge in [0.05, 0.1) is 31.7 Å². The van der Waals surface area contributed by atoms with Gasteiger partial charge in [0.25, 0.3) is 5.91 Å². The van der Waals surface area contributed by atoms with Gasteiger partial charge in [0, 0.05) is 6.07 Å². The summed E-state index contributed by atoms with van der Waals surface area (Å²) in [5.74, 6) is -2.13. The molecule has 0 spiro atoms. The number of fused-ring (bicyclic) bond motifs is 5. The molecular formula is C24H28N2O7. The molecule has 5 atom stereocenters. The van der Waals surface area contributed by atoms with Gasteiger partial charge in [-0.1, -0.05) is 26.0 Å². The van der Waals surface area contributed by atoms with E-state index in [2.05, 4.69) is 5.32 Å². The van der Waals surface area contributed by atoms with Gasteiger partial charge in [0.1, 0.15) is 17.5 Å². The molecule has 3 aliphatic rings. The molecule has 33 heavy (non-hydrogen) atoms. The van der Waals surface area contributed by atoms with Crippen LogP contribution >= 0.6 is 0 Å². The van der Waals surface area contributed by atoms with Crippen LogP contribution in [0.25, 0.3) is 0 Å². The van der Waals surface area contributed by atoms with Crippen molar-refractivity contribution in [2.24, 2.45) is 29.6 Å². The second-order valence-electron chi connectivity index (χ2n) is 8.96. The number of imide groups is 1. The third-order valence-electron chi connectivity index (χ3n) is 6.68. The van der Waals surface area contributed by atoms with Gasteiger partial charge < -0.3 is 19.5 Å². The van der Waals surface area contributed by atoms with Crippen molar-refractivity contribution in [2.45, 2.75) is 26.3 Å². The number of anilines is 1. The van der Waals surface area contributed by atoms with Gasteiger partial charge in [-0.05, 0) is 36.3 Å². The number of rotatable bonds is 8. The van der Waals surface area contributed by atoms with Gasteiger partial charge in [-0.2, -0.15) is 0 Å². The van der Waals surface area contributed by atoms with Crippen molar-refractivity contribution in [1.29, 1.82) is 0 Å². The summed E-state index contributed by atoms with van der Waals surface area (Å²) in [4.78, 5) is 52.7. The minimum Gasteiger partial charge on any atom is -0.497 e. The van der Waals surface area contributed by atoms with Gasteiger partial charge in [0.15, 0.2) is 6.61 Å². The Morgan fingerprint density at radius 3 is 2.24 bits per heavy atom. The number of carbonyl (C=O) groups excluding carboxylic acids is 4. The number of carbonyl (C=O) groups is 4. The fourth-order valence-corrected chi connectivity index (χ4v) is 5.20. The largest absolute Gasteiger partial charge is 0.497 e. The minimum absolute atomic E-state index is 0.0499. The third-order valence-corrected chi connectivity index (χ3v) is 6.68. The van der Waals surface area contributed by atoms with E-state index >= 15 is 0 Å². The highest BCUT2D eigenvalue weighted by atomic mass is 16.5. The maximum Gasteiger partial charge on any atom is 0.330 e. The highest BCUT2D eigenvalue weighted by molar-refractivity contribution is 6.09. The minimum atomic E-state index is -1.07. The Balaban J connectivity index is 1.42. The maximum absolute atomic E-state index is 13.1. The molecule has 9 nitrogen and oxygen atoms in total. The zero-order valence-electron chi connectivity index (χ0n) is 19.1. The van der Waals surface area contributed by atoms with Crippen LogP contribution in [0.2, 0.25) is 0 Å². The van der Waals surface area contributed by atoms with Crippen molar-refractivity contribution in [3.8, 4) is 11.5 Å². The lowest BCUT2D eigenvalue weighted by Gasteiger charge is -2.28. The van der Waals surface area contributed by atoms with Crippen LogP contribution < -0.4 is 14.8 Å². The number of esters is 1. The van der Waals surface area contributed by atoms with E-state index < -0.39 is 36.4 Å². The Bertz CT molecular complexity index is 988. The van der Waals surface area contributed by atoms with Crippen LogP contribution in [-0.2, 0) is 23.9 Å². The predicted molar refractivity (Wildman–Crippen MR) is 117 cm³/mol. The maximum atomic E-state index is 13.1. The number of hydrogen-bond acceptors (Lipinski definition) is 7. The van der Waals surface area contributed by atoms with Crippen molar-refractivity contribution in [3.63, 3.8) is 0 Å². The molecule has 2 bridgehead atoms. The summed E-state index contributed by atoms with van der Waals surface area (Å²) in [6.07, 6.45) is 4.81. The normalized spacial score (nSPS) is 25.9. The first kappa shape index (κ1) is 22.8. The van der Waals surface area contributed by atoms with Gasteiger partial charge >= 0.3 is 5.97 Å². The highest BCUT2D eigenvalue weighted by Crippen LogP contribution is 2.53. The summed E-state index contributed by atoms with van der Waals surface area (Å²) in [6.45, 7) is 2.92. The van der Waals surface area contributed by atoms with E-state index in [-0.39, 0.29) is 29.6 Å². The number of likely N-dealkylation sites (tertiary alicyclic amines) is 1. The van der Waals surface area contributed by atoms with Gasteiger partial charge in [-0.15, -0.1) is 0 Å². The van der Waals surface area contributed by atoms with E-state index in [0.717, 1.165) is 11.3 Å². The van der Waals surface area contributed by atoms with Crippen LogP contribution in [0.15, 0.2) is 30.4 Å². The van der Waals surface area contributed by atoms with Crippen molar-refractivity contribution in [1.82, 2.24) is 4.90 Å². The van der Waals surface area contributed by atoms with Crippen LogP contribution in [-0.4, -0.2) is 55.5 Å². The average Bonchev–Trinajstić information content (AvgIpc) is 3.47. The quantitative estimate of drug-likeness (QED) is 0.362. The van der Waals surface area contributed by atoms with E-state index in [1.807, 2.05) is 12.2 Å². The highest BCUT2D eigenvalue weighted by Gasteiger charge is 2.61. The van der Waals surface area contributed by atoms with Gasteiger partial charge in [-0.25, -0.2) is 4.79 Å². The van der Waals surface area contributed by atoms with Gasteiger partial charge in [-0.3, -0.25) is 19.3 Å². The molecule has 1 saturated heterocycles. The SMILES string of the molecule is COc1ccc(OC)c(NC(=O)COC(=O)[C@H](C(C)C)N2C(=O)[C@@H]3[C@@H](C2=O)[C@H]2C=C[C@H]3C2)c1. The van der Waals surface area contributed by atoms with Crippen molar-refractivity contribution in [2.75, 3.05) is 26.1 Å². The van der Waals surface area contributed by atoms with E-state index in [1.165, 1.54) is 14.2 Å². The number of nitrogens with one attached hydrogen (secondary N) is 1. The monoisotopic (exact) mass is 456 g/mol. The van der Waals surface area contributed by atoms with Crippen molar-refractivity contribution < 1.29 is 33.4 Å². The second-order valence-corrected chi connectivity index (χ2v) is 8.96. The molecule has 2 aliphatic carbocycles. The van der Waals surface area contributed by atoms with Crippen molar-refractivity contribution in [3.05, 3.63) is 30.4 Å². The van der Waals surface area contributed by atoms with Crippen LogP contribution in [0.5, 0.6) is 11.5 Å². The first-order valence-electron chi connectivity index (χ1n) is 11.0. The van der Waals surface area contributed by atoms with E-state index in [9.17, 15) is 19.2 Å². The molecule has 1 aliphatic heterocycles. The molecular weight excluding hydrogens is 428 g/mol. The van der Waals surface area contributed by atoms with E-state index in [0.29, 0.717) is 17.2 Å². The number of allylic oxidation sites excluding steroid dienone is 2. The third kappa shape index (κ3) is 3.96. The van der Waals surface area contributed by atoms with E-state index in [4.69, 9.17) is 14.2 Å². The molecule has 0 aromatic heterocycles. The number of amides is 3. The lowest BCUT2D eigenvalue weighted by Crippen LogP contribution is -2.50. The number of hydrogen-bond donors (Lipinski definition) is 1. The summed E-state index contributed by atoms with van der Waals surface area (Å²) < 4.78 is 15.6. The number of methoxy groups -OCH3 is 2. The molecule has 2 fully saturated rings. The number of nitrogens with zero attached hydrogens (tertiary/aromatic N) is 1. The standard InChI is InChI=1S/C24H28N2O7/c1-12(2)21(26-22(28)19-13-5-6-14(9-13)20(19)23(26)29)24(30)33-11-18(27)25-16-10-15(31-3)7-8-17(16)32-4/h5-8,10,12-14,19-21H,9,11H2,1-4H3,(H,25,27)/t13-,14-,19-,20-,21-/m0/s1. The molecule has 1 aromatic carbocycles. The molecule has 1 saturated carbocycles.